The lowest BCUT2D eigenvalue weighted by Gasteiger charge is -2.05. The highest BCUT2D eigenvalue weighted by Crippen LogP contribution is 2.23. The first-order valence-electron chi connectivity index (χ1n) is 5.63. The average Bonchev–Trinajstić information content (AvgIpc) is 2.70. The fourth-order valence-electron chi connectivity index (χ4n) is 1.63. The summed E-state index contributed by atoms with van der Waals surface area (Å²) in [5.41, 5.74) is 0.909. The van der Waals surface area contributed by atoms with Crippen molar-refractivity contribution in [2.75, 3.05) is 7.11 Å². The van der Waals surface area contributed by atoms with E-state index in [1.807, 2.05) is 0 Å². The fraction of sp³-hybridized carbons (Fsp3) is 0.417. The van der Waals surface area contributed by atoms with Crippen LogP contribution in [0.1, 0.15) is 30.2 Å². The van der Waals surface area contributed by atoms with E-state index >= 15 is 0 Å². The van der Waals surface area contributed by atoms with Gasteiger partial charge in [-0.1, -0.05) is 0 Å². The van der Waals surface area contributed by atoms with E-state index in [0.29, 0.717) is 28.4 Å². The lowest BCUT2D eigenvalue weighted by Crippen LogP contribution is -2.11. The number of aromatic nitrogens is 3. The Morgan fingerprint density at radius 1 is 1.39 bits per heavy atom. The zero-order valence-electron chi connectivity index (χ0n) is 10.8. The van der Waals surface area contributed by atoms with Crippen LogP contribution in [0.2, 0.25) is 0 Å². The zero-order valence-corrected chi connectivity index (χ0v) is 10.8. The molecule has 0 fully saturated rings. The summed E-state index contributed by atoms with van der Waals surface area (Å²) in [5, 5.41) is 0.666. The molecule has 0 bridgehead atoms. The van der Waals surface area contributed by atoms with E-state index in [4.69, 9.17) is 9.47 Å². The summed E-state index contributed by atoms with van der Waals surface area (Å²) in [7, 11) is 1.53. The molecule has 1 N–H and O–H groups in total. The Labute approximate surface area is 104 Å². The van der Waals surface area contributed by atoms with E-state index < -0.39 is 5.97 Å². The molecule has 0 amide bonds. The average molecular weight is 249 g/mol. The molecule has 18 heavy (non-hydrogen) atoms. The Morgan fingerprint density at radius 3 is 2.72 bits per heavy atom. The number of nitrogens with zero attached hydrogens (tertiary/aromatic N) is 2. The van der Waals surface area contributed by atoms with Gasteiger partial charge in [-0.2, -0.15) is 4.98 Å². The van der Waals surface area contributed by atoms with Crippen molar-refractivity contribution in [2.45, 2.75) is 26.9 Å². The molecule has 2 rings (SSSR count). The van der Waals surface area contributed by atoms with Gasteiger partial charge < -0.3 is 14.5 Å². The van der Waals surface area contributed by atoms with E-state index in [-0.39, 0.29) is 6.10 Å². The molecule has 0 atom stereocenters. The SMILES string of the molecule is COc1nc(C)nc2[nH]c(C(=O)OC(C)C)cc12. The molecule has 6 nitrogen and oxygen atoms in total. The maximum atomic E-state index is 11.8. The number of H-pyrrole nitrogens is 1. The molecule has 0 saturated carbocycles. The molecule has 2 aromatic heterocycles. The number of rotatable bonds is 3. The van der Waals surface area contributed by atoms with Gasteiger partial charge in [-0.3, -0.25) is 0 Å². The lowest BCUT2D eigenvalue weighted by atomic mass is 10.3. The Hall–Kier alpha value is -2.11. The zero-order chi connectivity index (χ0) is 13.3. The minimum atomic E-state index is -0.414. The topological polar surface area (TPSA) is 77.1 Å². The van der Waals surface area contributed by atoms with Crippen molar-refractivity contribution in [3.05, 3.63) is 17.6 Å². The summed E-state index contributed by atoms with van der Waals surface area (Å²) in [6.07, 6.45) is -0.168. The molecule has 0 aliphatic heterocycles. The van der Waals surface area contributed by atoms with Crippen molar-refractivity contribution in [2.24, 2.45) is 0 Å². The molecule has 0 unspecified atom stereocenters. The number of aryl methyl sites for hydroxylation is 1. The molecule has 96 valence electrons. The van der Waals surface area contributed by atoms with E-state index in [0.717, 1.165) is 0 Å². The van der Waals surface area contributed by atoms with Gasteiger partial charge in [-0.05, 0) is 26.8 Å². The van der Waals surface area contributed by atoms with Crippen molar-refractivity contribution in [1.82, 2.24) is 15.0 Å². The maximum Gasteiger partial charge on any atom is 0.355 e. The highest BCUT2D eigenvalue weighted by atomic mass is 16.5. The largest absolute Gasteiger partial charge is 0.480 e. The smallest absolute Gasteiger partial charge is 0.355 e. The van der Waals surface area contributed by atoms with E-state index in [2.05, 4.69) is 15.0 Å². The molecule has 2 heterocycles. The maximum absolute atomic E-state index is 11.8. The van der Waals surface area contributed by atoms with Gasteiger partial charge in [-0.15, -0.1) is 0 Å². The van der Waals surface area contributed by atoms with Crippen LogP contribution < -0.4 is 4.74 Å². The molecule has 0 saturated heterocycles. The van der Waals surface area contributed by atoms with Crippen LogP contribution in [-0.4, -0.2) is 34.1 Å². The second-order valence-corrected chi connectivity index (χ2v) is 4.18. The first-order chi connectivity index (χ1) is 8.51. The van der Waals surface area contributed by atoms with Gasteiger partial charge in [0.2, 0.25) is 5.88 Å². The van der Waals surface area contributed by atoms with E-state index in [9.17, 15) is 4.79 Å². The Kier molecular flexibility index (Phi) is 3.18. The number of nitrogens with one attached hydrogen (secondary N) is 1. The number of methoxy groups -OCH3 is 1. The van der Waals surface area contributed by atoms with Crippen molar-refractivity contribution in [3.8, 4) is 5.88 Å². The first-order valence-corrected chi connectivity index (χ1v) is 5.63. The van der Waals surface area contributed by atoms with Gasteiger partial charge in [0, 0.05) is 0 Å². The Balaban J connectivity index is 2.47. The number of ether oxygens (including phenoxy) is 2. The van der Waals surface area contributed by atoms with E-state index in [1.54, 1.807) is 26.8 Å². The van der Waals surface area contributed by atoms with Crippen LogP contribution in [0.4, 0.5) is 0 Å². The summed E-state index contributed by atoms with van der Waals surface area (Å²) in [6, 6.07) is 1.64. The van der Waals surface area contributed by atoms with E-state index in [1.165, 1.54) is 7.11 Å². The highest BCUT2D eigenvalue weighted by Gasteiger charge is 2.16. The van der Waals surface area contributed by atoms with Crippen LogP contribution in [0.3, 0.4) is 0 Å². The first kappa shape index (κ1) is 12.3. The fourth-order valence-corrected chi connectivity index (χ4v) is 1.63. The molecule has 0 radical (unpaired) electrons. The molecular formula is C12H15N3O3. The summed E-state index contributed by atoms with van der Waals surface area (Å²) in [4.78, 5) is 23.0. The number of carbonyl (C=O) groups excluding carboxylic acids is 1. The van der Waals surface area contributed by atoms with Crippen LogP contribution in [0.15, 0.2) is 6.07 Å². The third kappa shape index (κ3) is 2.27. The normalized spacial score (nSPS) is 10.9. The number of fused-ring (bicyclic) bond motifs is 1. The van der Waals surface area contributed by atoms with Gasteiger partial charge in [-0.25, -0.2) is 9.78 Å². The number of esters is 1. The van der Waals surface area contributed by atoms with Crippen LogP contribution in [0.5, 0.6) is 5.88 Å². The number of carbonyl (C=O) groups is 1. The minimum absolute atomic E-state index is 0.168. The van der Waals surface area contributed by atoms with Crippen LogP contribution in [0, 0.1) is 6.92 Å². The molecule has 6 heteroatoms. The van der Waals surface area contributed by atoms with Gasteiger partial charge >= 0.3 is 5.97 Å². The van der Waals surface area contributed by atoms with Crippen LogP contribution >= 0.6 is 0 Å². The number of hydrogen-bond acceptors (Lipinski definition) is 5. The highest BCUT2D eigenvalue weighted by molar-refractivity contribution is 5.95. The summed E-state index contributed by atoms with van der Waals surface area (Å²) in [6.45, 7) is 5.35. The van der Waals surface area contributed by atoms with Crippen molar-refractivity contribution >= 4 is 17.0 Å². The number of hydrogen-bond donors (Lipinski definition) is 1. The van der Waals surface area contributed by atoms with Crippen molar-refractivity contribution < 1.29 is 14.3 Å². The van der Waals surface area contributed by atoms with Crippen LogP contribution in [-0.2, 0) is 4.74 Å². The summed E-state index contributed by atoms with van der Waals surface area (Å²) < 4.78 is 10.3. The minimum Gasteiger partial charge on any atom is -0.480 e. The van der Waals surface area contributed by atoms with Gasteiger partial charge in [0.1, 0.15) is 17.2 Å². The third-order valence-electron chi connectivity index (χ3n) is 2.32. The predicted molar refractivity (Wildman–Crippen MR) is 65.7 cm³/mol. The summed E-state index contributed by atoms with van der Waals surface area (Å²) >= 11 is 0. The summed E-state index contributed by atoms with van der Waals surface area (Å²) in [5.74, 6) is 0.602. The standard InChI is InChI=1S/C12H15N3O3/c1-6(2)18-12(16)9-5-8-10(15-9)13-7(3)14-11(8)17-4/h5-6H,1-4H3,(H,13,14,15). The second kappa shape index (κ2) is 4.64. The van der Waals surface area contributed by atoms with Crippen molar-refractivity contribution in [3.63, 3.8) is 0 Å². The predicted octanol–water partition coefficient (Wildman–Crippen LogP) is 1.84. The third-order valence-corrected chi connectivity index (χ3v) is 2.32. The van der Waals surface area contributed by atoms with Gasteiger partial charge in [0.05, 0.1) is 18.6 Å². The molecule has 0 aliphatic carbocycles. The second-order valence-electron chi connectivity index (χ2n) is 4.18. The quantitative estimate of drug-likeness (QED) is 0.840. The molecule has 0 aliphatic rings. The van der Waals surface area contributed by atoms with Gasteiger partial charge in [0.25, 0.3) is 0 Å². The molecule has 0 aromatic carbocycles. The lowest BCUT2D eigenvalue weighted by molar-refractivity contribution is 0.0372. The molecular weight excluding hydrogens is 234 g/mol. The monoisotopic (exact) mass is 249 g/mol. The Bertz CT molecular complexity index is 590. The molecule has 0 spiro atoms. The van der Waals surface area contributed by atoms with Crippen LogP contribution in [0.25, 0.3) is 11.0 Å². The number of aromatic amines is 1. The molecule has 2 aromatic rings. The van der Waals surface area contributed by atoms with Crippen molar-refractivity contribution in [1.29, 1.82) is 0 Å². The van der Waals surface area contributed by atoms with Gasteiger partial charge in [0.15, 0.2) is 0 Å². The Morgan fingerprint density at radius 2 is 2.11 bits per heavy atom.